The molecule has 0 atom stereocenters. The van der Waals surface area contributed by atoms with Gasteiger partial charge in [0, 0.05) is 18.7 Å². The van der Waals surface area contributed by atoms with E-state index in [2.05, 4.69) is 27.7 Å². The highest BCUT2D eigenvalue weighted by Gasteiger charge is 2.17. The number of benzene rings is 1. The van der Waals surface area contributed by atoms with E-state index in [1.165, 1.54) is 0 Å². The number of nitrogens with zero attached hydrogens (tertiary/aromatic N) is 1. The summed E-state index contributed by atoms with van der Waals surface area (Å²) in [5, 5.41) is 0. The molecule has 0 fully saturated rings. The van der Waals surface area contributed by atoms with Crippen molar-refractivity contribution in [2.75, 3.05) is 19.7 Å². The van der Waals surface area contributed by atoms with Crippen LogP contribution in [0, 0.1) is 11.8 Å². The lowest BCUT2D eigenvalue weighted by atomic mass is 10.1. The first-order valence-corrected chi connectivity index (χ1v) is 7.46. The fraction of sp³-hybridized carbons (Fsp3) is 0.588. The molecule has 0 bridgehead atoms. The highest BCUT2D eigenvalue weighted by Crippen LogP contribution is 2.15. The third-order valence-electron chi connectivity index (χ3n) is 2.87. The molecular weight excluding hydrogens is 250 g/mol. The van der Waals surface area contributed by atoms with Crippen LogP contribution in [0.1, 0.15) is 45.0 Å². The topological polar surface area (TPSA) is 29.5 Å². The standard InChI is InChI=1S/C17H27NO2/c1-6-20-16-9-7-15(8-10-16)17(19)18(11-13(2)3)12-14(4)5/h7-10,13-14H,6,11-12H2,1-5H3. The number of carbonyl (C=O) groups is 1. The summed E-state index contributed by atoms with van der Waals surface area (Å²) in [6.45, 7) is 12.7. The molecule has 0 saturated carbocycles. The largest absolute Gasteiger partial charge is 0.494 e. The fourth-order valence-electron chi connectivity index (χ4n) is 2.16. The van der Waals surface area contributed by atoms with Crippen LogP contribution in [-0.2, 0) is 0 Å². The molecule has 0 saturated heterocycles. The minimum atomic E-state index is 0.107. The maximum atomic E-state index is 12.6. The first-order valence-electron chi connectivity index (χ1n) is 7.46. The molecule has 0 heterocycles. The van der Waals surface area contributed by atoms with E-state index < -0.39 is 0 Å². The van der Waals surface area contributed by atoms with Gasteiger partial charge in [-0.05, 0) is 43.0 Å². The summed E-state index contributed by atoms with van der Waals surface area (Å²) in [7, 11) is 0. The molecule has 20 heavy (non-hydrogen) atoms. The smallest absolute Gasteiger partial charge is 0.253 e. The van der Waals surface area contributed by atoms with Gasteiger partial charge in [0.2, 0.25) is 0 Å². The second-order valence-electron chi connectivity index (χ2n) is 5.96. The molecule has 0 aliphatic rings. The van der Waals surface area contributed by atoms with Gasteiger partial charge < -0.3 is 9.64 Å². The van der Waals surface area contributed by atoms with Crippen LogP contribution in [0.3, 0.4) is 0 Å². The summed E-state index contributed by atoms with van der Waals surface area (Å²) in [5.41, 5.74) is 0.731. The highest BCUT2D eigenvalue weighted by molar-refractivity contribution is 5.94. The van der Waals surface area contributed by atoms with Gasteiger partial charge in [-0.15, -0.1) is 0 Å². The maximum Gasteiger partial charge on any atom is 0.253 e. The Balaban J connectivity index is 2.82. The van der Waals surface area contributed by atoms with Gasteiger partial charge in [0.1, 0.15) is 5.75 Å². The Hall–Kier alpha value is -1.51. The van der Waals surface area contributed by atoms with Gasteiger partial charge >= 0.3 is 0 Å². The average Bonchev–Trinajstić information content (AvgIpc) is 2.37. The van der Waals surface area contributed by atoms with Gasteiger partial charge in [-0.25, -0.2) is 0 Å². The molecule has 3 nitrogen and oxygen atoms in total. The third-order valence-corrected chi connectivity index (χ3v) is 2.87. The van der Waals surface area contributed by atoms with Gasteiger partial charge in [0.05, 0.1) is 6.61 Å². The van der Waals surface area contributed by atoms with Crippen molar-refractivity contribution >= 4 is 5.91 Å². The van der Waals surface area contributed by atoms with E-state index in [-0.39, 0.29) is 5.91 Å². The first kappa shape index (κ1) is 16.5. The molecule has 0 unspecified atom stereocenters. The Labute approximate surface area is 122 Å². The lowest BCUT2D eigenvalue weighted by molar-refractivity contribution is 0.0715. The quantitative estimate of drug-likeness (QED) is 0.758. The number of hydrogen-bond donors (Lipinski definition) is 0. The van der Waals surface area contributed by atoms with Gasteiger partial charge in [0.25, 0.3) is 5.91 Å². The SMILES string of the molecule is CCOc1ccc(C(=O)N(CC(C)C)CC(C)C)cc1. The number of ether oxygens (including phenoxy) is 1. The molecular formula is C17H27NO2. The maximum absolute atomic E-state index is 12.6. The zero-order valence-corrected chi connectivity index (χ0v) is 13.3. The summed E-state index contributed by atoms with van der Waals surface area (Å²) < 4.78 is 5.41. The Morgan fingerprint density at radius 3 is 1.95 bits per heavy atom. The molecule has 112 valence electrons. The molecule has 1 rings (SSSR count). The molecule has 0 aliphatic heterocycles. The highest BCUT2D eigenvalue weighted by atomic mass is 16.5. The number of hydrogen-bond acceptors (Lipinski definition) is 2. The minimum absolute atomic E-state index is 0.107. The van der Waals surface area contributed by atoms with Crippen LogP contribution in [0.5, 0.6) is 5.75 Å². The first-order chi connectivity index (χ1) is 9.43. The zero-order valence-electron chi connectivity index (χ0n) is 13.3. The van der Waals surface area contributed by atoms with Gasteiger partial charge in [-0.1, -0.05) is 27.7 Å². The molecule has 0 spiro atoms. The number of amides is 1. The van der Waals surface area contributed by atoms with Crippen LogP contribution < -0.4 is 4.74 Å². The molecule has 1 aromatic rings. The normalized spacial score (nSPS) is 10.9. The van der Waals surface area contributed by atoms with Crippen molar-refractivity contribution in [2.45, 2.75) is 34.6 Å². The second kappa shape index (κ2) is 7.93. The van der Waals surface area contributed by atoms with Crippen LogP contribution in [0.4, 0.5) is 0 Å². The van der Waals surface area contributed by atoms with Crippen LogP contribution in [0.15, 0.2) is 24.3 Å². The van der Waals surface area contributed by atoms with Gasteiger partial charge in [0.15, 0.2) is 0 Å². The predicted octanol–water partition coefficient (Wildman–Crippen LogP) is 3.84. The average molecular weight is 277 g/mol. The molecule has 3 heteroatoms. The van der Waals surface area contributed by atoms with Crippen LogP contribution in [0.2, 0.25) is 0 Å². The van der Waals surface area contributed by atoms with Crippen LogP contribution in [0.25, 0.3) is 0 Å². The van der Waals surface area contributed by atoms with E-state index >= 15 is 0 Å². The molecule has 1 amide bonds. The Morgan fingerprint density at radius 2 is 1.55 bits per heavy atom. The summed E-state index contributed by atoms with van der Waals surface area (Å²) in [6, 6.07) is 7.42. The summed E-state index contributed by atoms with van der Waals surface area (Å²) in [5.74, 6) is 1.86. The van der Waals surface area contributed by atoms with Crippen LogP contribution in [-0.4, -0.2) is 30.5 Å². The fourth-order valence-corrected chi connectivity index (χ4v) is 2.16. The molecule has 0 aromatic heterocycles. The lowest BCUT2D eigenvalue weighted by Gasteiger charge is -2.26. The van der Waals surface area contributed by atoms with Crippen LogP contribution >= 0.6 is 0 Å². The van der Waals surface area contributed by atoms with Crippen molar-refractivity contribution in [3.63, 3.8) is 0 Å². The van der Waals surface area contributed by atoms with E-state index in [4.69, 9.17) is 4.74 Å². The molecule has 0 aliphatic carbocycles. The van der Waals surface area contributed by atoms with E-state index in [0.29, 0.717) is 18.4 Å². The summed E-state index contributed by atoms with van der Waals surface area (Å²) in [6.07, 6.45) is 0. The van der Waals surface area contributed by atoms with Crippen molar-refractivity contribution in [3.8, 4) is 5.75 Å². The van der Waals surface area contributed by atoms with E-state index in [1.54, 1.807) is 0 Å². The van der Waals surface area contributed by atoms with Crippen molar-refractivity contribution in [2.24, 2.45) is 11.8 Å². The summed E-state index contributed by atoms with van der Waals surface area (Å²) >= 11 is 0. The zero-order chi connectivity index (χ0) is 15.1. The monoisotopic (exact) mass is 277 g/mol. The molecule has 0 radical (unpaired) electrons. The van der Waals surface area contributed by atoms with Crippen molar-refractivity contribution in [3.05, 3.63) is 29.8 Å². The summed E-state index contributed by atoms with van der Waals surface area (Å²) in [4.78, 5) is 14.5. The Morgan fingerprint density at radius 1 is 1.05 bits per heavy atom. The molecule has 0 N–H and O–H groups in total. The van der Waals surface area contributed by atoms with E-state index in [1.807, 2.05) is 36.1 Å². The van der Waals surface area contributed by atoms with Crippen molar-refractivity contribution < 1.29 is 9.53 Å². The third kappa shape index (κ3) is 5.24. The predicted molar refractivity (Wildman–Crippen MR) is 83.2 cm³/mol. The van der Waals surface area contributed by atoms with E-state index in [9.17, 15) is 4.79 Å². The molecule has 1 aromatic carbocycles. The number of carbonyl (C=O) groups excluding carboxylic acids is 1. The number of rotatable bonds is 7. The lowest BCUT2D eigenvalue weighted by Crippen LogP contribution is -2.37. The Kier molecular flexibility index (Phi) is 6.56. The Bertz CT molecular complexity index is 400. The van der Waals surface area contributed by atoms with E-state index in [0.717, 1.165) is 24.4 Å². The minimum Gasteiger partial charge on any atom is -0.494 e. The van der Waals surface area contributed by atoms with Crippen molar-refractivity contribution in [1.29, 1.82) is 0 Å². The van der Waals surface area contributed by atoms with Crippen molar-refractivity contribution in [1.82, 2.24) is 4.90 Å². The second-order valence-corrected chi connectivity index (χ2v) is 5.96. The van der Waals surface area contributed by atoms with Gasteiger partial charge in [-0.3, -0.25) is 4.79 Å². The van der Waals surface area contributed by atoms with Gasteiger partial charge in [-0.2, -0.15) is 0 Å².